The van der Waals surface area contributed by atoms with Crippen LogP contribution in [-0.2, 0) is 6.42 Å². The highest BCUT2D eigenvalue weighted by Gasteiger charge is 2.06. The van der Waals surface area contributed by atoms with Crippen LogP contribution in [0.5, 0.6) is 17.2 Å². The van der Waals surface area contributed by atoms with Crippen molar-refractivity contribution in [1.82, 2.24) is 0 Å². The maximum absolute atomic E-state index is 6.00. The Labute approximate surface area is 184 Å². The van der Waals surface area contributed by atoms with Gasteiger partial charge in [0.1, 0.15) is 17.2 Å². The molecule has 0 radical (unpaired) electrons. The van der Waals surface area contributed by atoms with E-state index in [1.54, 1.807) is 14.2 Å². The highest BCUT2D eigenvalue weighted by Crippen LogP contribution is 2.28. The van der Waals surface area contributed by atoms with Crippen LogP contribution >= 0.6 is 24.0 Å². The summed E-state index contributed by atoms with van der Waals surface area (Å²) in [5.41, 5.74) is 7.89. The largest absolute Gasteiger partial charge is 0.497 e. The summed E-state index contributed by atoms with van der Waals surface area (Å²) in [4.78, 5) is 4.38. The molecule has 0 unspecified atom stereocenters. The highest BCUT2D eigenvalue weighted by atomic mass is 127. The first-order chi connectivity index (χ1) is 13.0. The van der Waals surface area contributed by atoms with Crippen molar-refractivity contribution in [3.63, 3.8) is 0 Å². The van der Waals surface area contributed by atoms with Gasteiger partial charge in [-0.2, -0.15) is 0 Å². The second-order valence-corrected chi connectivity index (χ2v) is 6.56. The van der Waals surface area contributed by atoms with Gasteiger partial charge < -0.3 is 25.3 Å². The maximum atomic E-state index is 6.00. The number of benzene rings is 2. The van der Waals surface area contributed by atoms with Crippen molar-refractivity contribution in [2.24, 2.45) is 16.6 Å². The highest BCUT2D eigenvalue weighted by molar-refractivity contribution is 14.0. The Kier molecular flexibility index (Phi) is 10.5. The number of hydrogen-bond acceptors (Lipinski definition) is 4. The van der Waals surface area contributed by atoms with Gasteiger partial charge in [-0.15, -0.1) is 24.0 Å². The minimum absolute atomic E-state index is 0. The number of anilines is 1. The summed E-state index contributed by atoms with van der Waals surface area (Å²) in [5.74, 6) is 3.12. The Morgan fingerprint density at radius 1 is 1.04 bits per heavy atom. The van der Waals surface area contributed by atoms with E-state index in [4.69, 9.17) is 19.9 Å². The Hall–Kier alpha value is -2.16. The second-order valence-electron chi connectivity index (χ2n) is 6.56. The fourth-order valence-electron chi connectivity index (χ4n) is 2.41. The number of rotatable bonds is 9. The second kappa shape index (κ2) is 12.3. The fourth-order valence-corrected chi connectivity index (χ4v) is 2.41. The Balaban J connectivity index is 0.00000392. The van der Waals surface area contributed by atoms with Gasteiger partial charge in [0.25, 0.3) is 0 Å². The van der Waals surface area contributed by atoms with Gasteiger partial charge in [0.15, 0.2) is 5.96 Å². The summed E-state index contributed by atoms with van der Waals surface area (Å²) in [6.45, 7) is 5.56. The molecule has 3 N–H and O–H groups in total. The Morgan fingerprint density at radius 2 is 1.71 bits per heavy atom. The van der Waals surface area contributed by atoms with E-state index in [1.165, 1.54) is 5.56 Å². The van der Waals surface area contributed by atoms with Crippen molar-refractivity contribution in [3.8, 4) is 17.2 Å². The molecule has 7 heteroatoms. The van der Waals surface area contributed by atoms with Gasteiger partial charge in [0, 0.05) is 12.6 Å². The normalized spacial score (nSPS) is 11.0. The quantitative estimate of drug-likeness (QED) is 0.305. The lowest BCUT2D eigenvalue weighted by Crippen LogP contribution is -2.23. The minimum atomic E-state index is 0. The molecular formula is C21H30IN3O3. The van der Waals surface area contributed by atoms with E-state index in [9.17, 15) is 0 Å². The molecule has 6 nitrogen and oxygen atoms in total. The zero-order chi connectivity index (χ0) is 19.6. The lowest BCUT2D eigenvalue weighted by molar-refractivity contribution is 0.271. The van der Waals surface area contributed by atoms with E-state index in [0.29, 0.717) is 35.6 Å². The zero-order valence-corrected chi connectivity index (χ0v) is 19.2. The molecule has 0 saturated heterocycles. The van der Waals surface area contributed by atoms with E-state index >= 15 is 0 Å². The molecule has 0 amide bonds. The minimum Gasteiger partial charge on any atom is -0.497 e. The molecule has 2 rings (SSSR count). The summed E-state index contributed by atoms with van der Waals surface area (Å²) in [7, 11) is 3.22. The Morgan fingerprint density at radius 3 is 2.32 bits per heavy atom. The summed E-state index contributed by atoms with van der Waals surface area (Å²) in [6.07, 6.45) is 0.794. The van der Waals surface area contributed by atoms with Crippen LogP contribution < -0.4 is 25.3 Å². The monoisotopic (exact) mass is 499 g/mol. The molecule has 0 aliphatic carbocycles. The molecule has 2 aromatic carbocycles. The van der Waals surface area contributed by atoms with Crippen LogP contribution in [0.25, 0.3) is 0 Å². The molecule has 0 aliphatic heterocycles. The van der Waals surface area contributed by atoms with Crippen LogP contribution in [0.15, 0.2) is 47.5 Å². The molecule has 0 aromatic heterocycles. The van der Waals surface area contributed by atoms with E-state index in [2.05, 4.69) is 36.3 Å². The van der Waals surface area contributed by atoms with Crippen LogP contribution in [0.2, 0.25) is 0 Å². The van der Waals surface area contributed by atoms with Gasteiger partial charge in [0.2, 0.25) is 0 Å². The van der Waals surface area contributed by atoms with Crippen molar-refractivity contribution in [2.75, 3.05) is 32.7 Å². The smallest absolute Gasteiger partial charge is 0.193 e. The van der Waals surface area contributed by atoms with E-state index < -0.39 is 0 Å². The third-order valence-corrected chi connectivity index (χ3v) is 3.86. The molecule has 0 bridgehead atoms. The zero-order valence-electron chi connectivity index (χ0n) is 16.9. The molecule has 0 spiro atoms. The number of aliphatic imine (C=N–C) groups is 1. The first-order valence-electron chi connectivity index (χ1n) is 9.02. The van der Waals surface area contributed by atoms with Gasteiger partial charge in [0.05, 0.1) is 26.5 Å². The van der Waals surface area contributed by atoms with Crippen molar-refractivity contribution in [3.05, 3.63) is 48.0 Å². The van der Waals surface area contributed by atoms with Gasteiger partial charge in [-0.3, -0.25) is 4.99 Å². The van der Waals surface area contributed by atoms with Gasteiger partial charge in [-0.05, 0) is 42.2 Å². The van der Waals surface area contributed by atoms with E-state index in [-0.39, 0.29) is 24.0 Å². The summed E-state index contributed by atoms with van der Waals surface area (Å²) >= 11 is 0. The van der Waals surface area contributed by atoms with Crippen molar-refractivity contribution < 1.29 is 14.2 Å². The van der Waals surface area contributed by atoms with Gasteiger partial charge in [-0.1, -0.05) is 26.0 Å². The average molecular weight is 499 g/mol. The lowest BCUT2D eigenvalue weighted by atomic mass is 10.1. The van der Waals surface area contributed by atoms with Crippen LogP contribution in [-0.4, -0.2) is 33.3 Å². The van der Waals surface area contributed by atoms with Crippen LogP contribution in [0, 0.1) is 5.92 Å². The summed E-state index contributed by atoms with van der Waals surface area (Å²) < 4.78 is 16.2. The number of methoxy groups -OCH3 is 2. The first kappa shape index (κ1) is 23.9. The van der Waals surface area contributed by atoms with Crippen molar-refractivity contribution >= 4 is 35.6 Å². The van der Waals surface area contributed by atoms with Crippen molar-refractivity contribution in [2.45, 2.75) is 20.3 Å². The third-order valence-electron chi connectivity index (χ3n) is 3.86. The Bertz CT molecular complexity index is 749. The molecule has 0 saturated carbocycles. The molecule has 0 fully saturated rings. The molecule has 0 heterocycles. The number of hydrogen-bond donors (Lipinski definition) is 2. The molecule has 0 atom stereocenters. The predicted octanol–water partition coefficient (Wildman–Crippen LogP) is 4.33. The molecule has 0 aliphatic rings. The fraction of sp³-hybridized carbons (Fsp3) is 0.381. The topological polar surface area (TPSA) is 78.1 Å². The van der Waals surface area contributed by atoms with Crippen molar-refractivity contribution in [1.29, 1.82) is 0 Å². The van der Waals surface area contributed by atoms with Gasteiger partial charge >= 0.3 is 0 Å². The number of nitrogens with two attached hydrogens (primary N) is 1. The van der Waals surface area contributed by atoms with Crippen LogP contribution in [0.4, 0.5) is 5.69 Å². The van der Waals surface area contributed by atoms with Gasteiger partial charge in [-0.25, -0.2) is 0 Å². The summed E-state index contributed by atoms with van der Waals surface area (Å²) in [5, 5.41) is 3.06. The standard InChI is InChI=1S/C21H29N3O3.HI/c1-15(2)14-27-17-7-5-16(6-8-17)11-12-23-21(22)24-19-13-18(25-3)9-10-20(19)26-4;/h5-10,13,15H,11-12,14H2,1-4H3,(H3,22,23,24);1H. The molecular weight excluding hydrogens is 469 g/mol. The number of nitrogens with zero attached hydrogens (tertiary/aromatic N) is 1. The third kappa shape index (κ3) is 7.84. The maximum Gasteiger partial charge on any atom is 0.193 e. The first-order valence-corrected chi connectivity index (χ1v) is 9.02. The number of halogens is 1. The predicted molar refractivity (Wildman–Crippen MR) is 126 cm³/mol. The molecule has 2 aromatic rings. The number of nitrogens with one attached hydrogen (secondary N) is 1. The number of guanidine groups is 1. The van der Waals surface area contributed by atoms with Crippen LogP contribution in [0.1, 0.15) is 19.4 Å². The SMILES string of the molecule is COc1ccc(OC)c(NC(N)=NCCc2ccc(OCC(C)C)cc2)c1.I. The molecule has 154 valence electrons. The summed E-state index contributed by atoms with van der Waals surface area (Å²) in [6, 6.07) is 13.6. The average Bonchev–Trinajstić information content (AvgIpc) is 2.67. The van der Waals surface area contributed by atoms with E-state index in [0.717, 1.165) is 18.8 Å². The van der Waals surface area contributed by atoms with Crippen LogP contribution in [0.3, 0.4) is 0 Å². The van der Waals surface area contributed by atoms with E-state index in [1.807, 2.05) is 30.3 Å². The number of ether oxygens (including phenoxy) is 3. The molecule has 28 heavy (non-hydrogen) atoms. The lowest BCUT2D eigenvalue weighted by Gasteiger charge is -2.12.